The van der Waals surface area contributed by atoms with Gasteiger partial charge in [0.1, 0.15) is 24.2 Å². The van der Waals surface area contributed by atoms with E-state index in [4.69, 9.17) is 15.2 Å². The van der Waals surface area contributed by atoms with Gasteiger partial charge in [-0.15, -0.1) is 0 Å². The van der Waals surface area contributed by atoms with Gasteiger partial charge in [-0.3, -0.25) is 4.79 Å². The number of halogens is 1. The van der Waals surface area contributed by atoms with E-state index in [2.05, 4.69) is 16.3 Å². The van der Waals surface area contributed by atoms with Crippen LogP contribution in [0.2, 0.25) is 0 Å². The Morgan fingerprint density at radius 2 is 1.97 bits per heavy atom. The zero-order valence-electron chi connectivity index (χ0n) is 17.9. The Hall–Kier alpha value is -3.15. The van der Waals surface area contributed by atoms with Crippen LogP contribution in [-0.2, 0) is 22.5 Å². The van der Waals surface area contributed by atoms with Crippen LogP contribution in [0.1, 0.15) is 24.0 Å². The molecule has 1 atom stereocenters. The summed E-state index contributed by atoms with van der Waals surface area (Å²) in [7, 11) is 0. The summed E-state index contributed by atoms with van der Waals surface area (Å²) >= 11 is 0. The highest BCUT2D eigenvalue weighted by molar-refractivity contribution is 5.86. The summed E-state index contributed by atoms with van der Waals surface area (Å²) in [6.45, 7) is 2.69. The fourth-order valence-corrected chi connectivity index (χ4v) is 4.04. The second-order valence-electron chi connectivity index (χ2n) is 8.32. The summed E-state index contributed by atoms with van der Waals surface area (Å²) in [5.74, 6) is 0.185. The summed E-state index contributed by atoms with van der Waals surface area (Å²) in [6, 6.07) is 13.7. The zero-order valence-corrected chi connectivity index (χ0v) is 17.9. The van der Waals surface area contributed by atoms with Crippen molar-refractivity contribution in [3.63, 3.8) is 0 Å². The van der Waals surface area contributed by atoms with E-state index in [9.17, 15) is 14.4 Å². The van der Waals surface area contributed by atoms with Gasteiger partial charge in [-0.1, -0.05) is 12.1 Å². The van der Waals surface area contributed by atoms with E-state index < -0.39 is 11.6 Å². The van der Waals surface area contributed by atoms with Crippen LogP contribution < -0.4 is 20.7 Å². The molecule has 0 aromatic heterocycles. The number of rotatable bonds is 5. The number of amides is 1. The minimum atomic E-state index is -0.992. The Morgan fingerprint density at radius 3 is 2.69 bits per heavy atom. The smallest absolute Gasteiger partial charge is 0.241 e. The van der Waals surface area contributed by atoms with Crippen molar-refractivity contribution in [1.29, 1.82) is 5.26 Å². The number of carbonyl (C=O) groups excluding carboxylic acids is 1. The third-order valence-corrected chi connectivity index (χ3v) is 6.04. The number of hydrogen-bond donors (Lipinski definition) is 2. The third kappa shape index (κ3) is 5.01. The number of hydrogen-bond acceptors (Lipinski definition) is 6. The van der Waals surface area contributed by atoms with E-state index in [0.717, 1.165) is 22.6 Å². The molecule has 7 nitrogen and oxygen atoms in total. The number of nitriles is 1. The van der Waals surface area contributed by atoms with Crippen LogP contribution in [0.25, 0.3) is 0 Å². The van der Waals surface area contributed by atoms with Crippen LogP contribution >= 0.6 is 0 Å². The molecule has 2 aromatic rings. The van der Waals surface area contributed by atoms with Gasteiger partial charge >= 0.3 is 0 Å². The molecule has 2 aromatic carbocycles. The van der Waals surface area contributed by atoms with Crippen molar-refractivity contribution in [1.82, 2.24) is 5.32 Å². The molecule has 0 aliphatic carbocycles. The molecule has 1 amide bonds. The number of benzene rings is 2. The van der Waals surface area contributed by atoms with Gasteiger partial charge in [0, 0.05) is 37.4 Å². The molecule has 2 heterocycles. The van der Waals surface area contributed by atoms with Crippen molar-refractivity contribution in [2.75, 3.05) is 31.3 Å². The topological polar surface area (TPSA) is 101 Å². The van der Waals surface area contributed by atoms with E-state index in [1.54, 1.807) is 12.1 Å². The fourth-order valence-electron chi connectivity index (χ4n) is 4.04. The van der Waals surface area contributed by atoms with Gasteiger partial charge in [0.15, 0.2) is 0 Å². The van der Waals surface area contributed by atoms with Crippen molar-refractivity contribution in [2.45, 2.75) is 37.4 Å². The Labute approximate surface area is 186 Å². The minimum absolute atomic E-state index is 0.263. The predicted molar refractivity (Wildman–Crippen MR) is 118 cm³/mol. The lowest BCUT2D eigenvalue weighted by molar-refractivity contribution is -0.130. The zero-order chi connectivity index (χ0) is 22.6. The van der Waals surface area contributed by atoms with Gasteiger partial charge in [0.05, 0.1) is 18.2 Å². The number of nitrogens with two attached hydrogens (primary N) is 1. The minimum Gasteiger partial charge on any atom is -0.491 e. The number of nitrogens with one attached hydrogen (secondary N) is 1. The summed E-state index contributed by atoms with van der Waals surface area (Å²) in [6.07, 6.45) is 1.23. The maximum absolute atomic E-state index is 13.3. The predicted octanol–water partition coefficient (Wildman–Crippen LogP) is 2.28. The molecule has 1 fully saturated rings. The van der Waals surface area contributed by atoms with Gasteiger partial charge in [-0.25, -0.2) is 4.39 Å². The highest BCUT2D eigenvalue weighted by Crippen LogP contribution is 2.28. The average Bonchev–Trinajstić information content (AvgIpc) is 3.01. The molecule has 1 saturated heterocycles. The van der Waals surface area contributed by atoms with E-state index in [-0.39, 0.29) is 11.7 Å². The number of fused-ring (bicyclic) bond motifs is 1. The Kier molecular flexibility index (Phi) is 6.58. The molecule has 0 spiro atoms. The first-order valence-corrected chi connectivity index (χ1v) is 10.8. The second-order valence-corrected chi connectivity index (χ2v) is 8.32. The lowest BCUT2D eigenvalue weighted by atomic mass is 9.90. The van der Waals surface area contributed by atoms with Crippen molar-refractivity contribution >= 4 is 11.6 Å². The maximum Gasteiger partial charge on any atom is 0.241 e. The van der Waals surface area contributed by atoms with Gasteiger partial charge in [-0.05, 0) is 48.7 Å². The Morgan fingerprint density at radius 1 is 1.22 bits per heavy atom. The van der Waals surface area contributed by atoms with Crippen molar-refractivity contribution < 1.29 is 18.7 Å². The molecule has 168 valence electrons. The first kappa shape index (κ1) is 22.1. The van der Waals surface area contributed by atoms with Gasteiger partial charge in [0.25, 0.3) is 0 Å². The van der Waals surface area contributed by atoms with Crippen molar-refractivity contribution in [3.05, 3.63) is 59.4 Å². The molecule has 0 unspecified atom stereocenters. The molecule has 3 N–H and O–H groups in total. The van der Waals surface area contributed by atoms with Crippen LogP contribution in [0.3, 0.4) is 0 Å². The molecular formula is C24H27FN4O3. The van der Waals surface area contributed by atoms with E-state index >= 15 is 0 Å². The number of ether oxygens (including phenoxy) is 2. The van der Waals surface area contributed by atoms with Crippen molar-refractivity contribution in [3.8, 4) is 11.8 Å². The molecule has 2 aliphatic rings. The molecule has 32 heavy (non-hydrogen) atoms. The first-order chi connectivity index (χ1) is 15.5. The first-order valence-electron chi connectivity index (χ1n) is 10.8. The molecule has 8 heteroatoms. The quantitative estimate of drug-likeness (QED) is 0.743. The van der Waals surface area contributed by atoms with Crippen LogP contribution in [0.4, 0.5) is 10.1 Å². The van der Waals surface area contributed by atoms with E-state index in [1.165, 1.54) is 12.1 Å². The van der Waals surface area contributed by atoms with Crippen LogP contribution in [0, 0.1) is 17.1 Å². The third-order valence-electron chi connectivity index (χ3n) is 6.04. The maximum atomic E-state index is 13.3. The Balaban J connectivity index is 1.43. The molecule has 2 aliphatic heterocycles. The summed E-state index contributed by atoms with van der Waals surface area (Å²) in [4.78, 5) is 14.8. The molecule has 0 saturated carbocycles. The summed E-state index contributed by atoms with van der Waals surface area (Å²) in [5, 5.41) is 12.4. The highest BCUT2D eigenvalue weighted by atomic mass is 19.1. The SMILES string of the molecule is N#C[C@H](Cc1ccc2c(c1)OCCN(c1ccc(F)cc1)C2)NC(=O)C1(N)CCOCC1. The Bertz CT molecular complexity index is 999. The molecule has 0 bridgehead atoms. The number of carbonyl (C=O) groups is 1. The van der Waals surface area contributed by atoms with Gasteiger partial charge in [-0.2, -0.15) is 5.26 Å². The lowest BCUT2D eigenvalue weighted by Gasteiger charge is -2.32. The lowest BCUT2D eigenvalue weighted by Crippen LogP contribution is -2.58. The summed E-state index contributed by atoms with van der Waals surface area (Å²) in [5.41, 5.74) is 8.07. The highest BCUT2D eigenvalue weighted by Gasteiger charge is 2.36. The second kappa shape index (κ2) is 9.55. The van der Waals surface area contributed by atoms with Crippen LogP contribution in [0.5, 0.6) is 5.75 Å². The number of nitrogens with zero attached hydrogens (tertiary/aromatic N) is 2. The monoisotopic (exact) mass is 438 g/mol. The number of anilines is 1. The van der Waals surface area contributed by atoms with Gasteiger partial charge < -0.3 is 25.4 Å². The summed E-state index contributed by atoms with van der Waals surface area (Å²) < 4.78 is 24.5. The molecule has 4 rings (SSSR count). The van der Waals surface area contributed by atoms with Crippen LogP contribution in [0.15, 0.2) is 42.5 Å². The van der Waals surface area contributed by atoms with E-state index in [0.29, 0.717) is 52.2 Å². The van der Waals surface area contributed by atoms with Crippen LogP contribution in [-0.4, -0.2) is 43.9 Å². The average molecular weight is 439 g/mol. The van der Waals surface area contributed by atoms with Gasteiger partial charge in [0.2, 0.25) is 5.91 Å². The fraction of sp³-hybridized carbons (Fsp3) is 0.417. The van der Waals surface area contributed by atoms with Crippen molar-refractivity contribution in [2.24, 2.45) is 5.73 Å². The standard InChI is InChI=1S/C24H27FN4O3/c25-19-3-5-21(6-4-19)29-9-12-32-22-14-17(1-2-18(22)16-29)13-20(15-26)28-23(30)24(27)7-10-31-11-8-24/h1-6,14,20H,7-13,16,27H2,(H,28,30)/t20-/m0/s1. The molecule has 0 radical (unpaired) electrons. The molecular weight excluding hydrogens is 411 g/mol. The largest absolute Gasteiger partial charge is 0.491 e. The normalized spacial score (nSPS) is 18.5. The van der Waals surface area contributed by atoms with E-state index in [1.807, 2.05) is 18.2 Å².